The maximum absolute atomic E-state index is 12.9. The van der Waals surface area contributed by atoms with Crippen molar-refractivity contribution in [3.8, 4) is 11.1 Å². The predicted molar refractivity (Wildman–Crippen MR) is 125 cm³/mol. The number of carbonyl (C=O) groups is 2. The Balaban J connectivity index is 1.42. The smallest absolute Gasteiger partial charge is 0.416 e. The number of carbonyl (C=O) groups excluding carboxylic acids is 2. The lowest BCUT2D eigenvalue weighted by Gasteiger charge is -2.12. The summed E-state index contributed by atoms with van der Waals surface area (Å²) in [6, 6.07) is 23.1. The van der Waals surface area contributed by atoms with Crippen LogP contribution in [-0.4, -0.2) is 16.9 Å². The minimum atomic E-state index is -4.43. The number of anilines is 1. The van der Waals surface area contributed by atoms with Gasteiger partial charge >= 0.3 is 12.1 Å². The summed E-state index contributed by atoms with van der Waals surface area (Å²) >= 11 is 0. The Bertz CT molecular complexity index is 1320. The molecule has 35 heavy (non-hydrogen) atoms. The van der Waals surface area contributed by atoms with E-state index in [0.29, 0.717) is 22.4 Å². The van der Waals surface area contributed by atoms with Crippen molar-refractivity contribution < 1.29 is 27.5 Å². The lowest BCUT2D eigenvalue weighted by molar-refractivity contribution is -0.137. The zero-order chi connectivity index (χ0) is 24.8. The molecule has 1 N–H and O–H groups in total. The number of nitrogens with one attached hydrogen (secondary N) is 1. The minimum Gasteiger partial charge on any atom is -0.456 e. The molecule has 8 heteroatoms. The molecule has 176 valence electrons. The fourth-order valence-electron chi connectivity index (χ4n) is 3.36. The molecule has 1 heterocycles. The third kappa shape index (κ3) is 5.92. The molecule has 0 aliphatic heterocycles. The first-order valence-corrected chi connectivity index (χ1v) is 10.6. The summed E-state index contributed by atoms with van der Waals surface area (Å²) in [5.41, 5.74) is 2.01. The van der Waals surface area contributed by atoms with Gasteiger partial charge in [-0.05, 0) is 59.2 Å². The van der Waals surface area contributed by atoms with Crippen LogP contribution in [0.25, 0.3) is 11.1 Å². The summed E-state index contributed by atoms with van der Waals surface area (Å²) in [5, 5.41) is 2.79. The van der Waals surface area contributed by atoms with Gasteiger partial charge in [-0.25, -0.2) is 9.78 Å². The van der Waals surface area contributed by atoms with Gasteiger partial charge < -0.3 is 10.1 Å². The second kappa shape index (κ2) is 10.2. The van der Waals surface area contributed by atoms with Gasteiger partial charge in [-0.15, -0.1) is 0 Å². The third-order valence-electron chi connectivity index (χ3n) is 5.15. The number of esters is 1. The molecule has 0 atom stereocenters. The molecule has 0 aliphatic carbocycles. The SMILES string of the molecule is O=C(OCc1ccc(NC(=O)c2ccccc2-c2ccc(C(F)(F)F)cc2)cc1)c1ccccn1. The standard InChI is InChI=1S/C27H19F3N2O3/c28-27(29,30)20-12-10-19(11-13-20)22-5-1-2-6-23(22)25(33)32-21-14-8-18(9-15-21)17-35-26(34)24-7-3-4-16-31-24/h1-16H,17H2,(H,32,33). The Morgan fingerprint density at radius 1 is 0.829 bits per heavy atom. The molecule has 0 aliphatic rings. The van der Waals surface area contributed by atoms with E-state index in [2.05, 4.69) is 10.3 Å². The van der Waals surface area contributed by atoms with E-state index in [9.17, 15) is 22.8 Å². The summed E-state index contributed by atoms with van der Waals surface area (Å²) < 4.78 is 43.9. The number of hydrogen-bond donors (Lipinski definition) is 1. The van der Waals surface area contributed by atoms with E-state index in [1.165, 1.54) is 18.3 Å². The van der Waals surface area contributed by atoms with E-state index >= 15 is 0 Å². The molecule has 0 fully saturated rings. The second-order valence-corrected chi connectivity index (χ2v) is 7.56. The molecule has 0 radical (unpaired) electrons. The minimum absolute atomic E-state index is 0.0421. The molecule has 0 unspecified atom stereocenters. The normalized spacial score (nSPS) is 11.1. The molecule has 0 bridgehead atoms. The van der Waals surface area contributed by atoms with E-state index in [1.54, 1.807) is 66.7 Å². The van der Waals surface area contributed by atoms with Gasteiger partial charge in [0.2, 0.25) is 0 Å². The Morgan fingerprint density at radius 3 is 2.17 bits per heavy atom. The number of nitrogens with zero attached hydrogens (tertiary/aromatic N) is 1. The van der Waals surface area contributed by atoms with E-state index in [1.807, 2.05) is 0 Å². The fraction of sp³-hybridized carbons (Fsp3) is 0.0741. The number of pyridine rings is 1. The molecular formula is C27H19F3N2O3. The topological polar surface area (TPSA) is 68.3 Å². The number of rotatable bonds is 6. The van der Waals surface area contributed by atoms with Gasteiger partial charge in [0, 0.05) is 17.4 Å². The quantitative estimate of drug-likeness (QED) is 0.328. The highest BCUT2D eigenvalue weighted by Crippen LogP contribution is 2.32. The monoisotopic (exact) mass is 476 g/mol. The predicted octanol–water partition coefficient (Wildman–Crippen LogP) is 6.38. The molecule has 1 amide bonds. The van der Waals surface area contributed by atoms with Crippen LogP contribution < -0.4 is 5.32 Å². The first-order valence-electron chi connectivity index (χ1n) is 10.6. The summed E-state index contributed by atoms with van der Waals surface area (Å²) in [6.07, 6.45) is -2.93. The molecule has 0 spiro atoms. The van der Waals surface area contributed by atoms with Gasteiger partial charge in [0.15, 0.2) is 0 Å². The van der Waals surface area contributed by atoms with Crippen molar-refractivity contribution in [1.29, 1.82) is 0 Å². The Kier molecular flexibility index (Phi) is 6.91. The van der Waals surface area contributed by atoms with E-state index in [-0.39, 0.29) is 12.3 Å². The number of alkyl halides is 3. The Hall–Kier alpha value is -4.46. The van der Waals surface area contributed by atoms with Crippen molar-refractivity contribution in [1.82, 2.24) is 4.98 Å². The lowest BCUT2D eigenvalue weighted by atomic mass is 9.98. The maximum Gasteiger partial charge on any atom is 0.416 e. The number of hydrogen-bond acceptors (Lipinski definition) is 4. The van der Waals surface area contributed by atoms with Gasteiger partial charge in [0.25, 0.3) is 5.91 Å². The number of amides is 1. The second-order valence-electron chi connectivity index (χ2n) is 7.56. The number of aromatic nitrogens is 1. The van der Waals surface area contributed by atoms with Gasteiger partial charge in [0.05, 0.1) is 5.56 Å². The molecular weight excluding hydrogens is 457 g/mol. The lowest BCUT2D eigenvalue weighted by Crippen LogP contribution is -2.13. The van der Waals surface area contributed by atoms with Crippen LogP contribution >= 0.6 is 0 Å². The number of ether oxygens (including phenoxy) is 1. The van der Waals surface area contributed by atoms with Gasteiger partial charge in [0.1, 0.15) is 12.3 Å². The van der Waals surface area contributed by atoms with E-state index in [4.69, 9.17) is 4.74 Å². The average Bonchev–Trinajstić information content (AvgIpc) is 2.88. The van der Waals surface area contributed by atoms with Crippen molar-refractivity contribution in [3.05, 3.63) is 120 Å². The van der Waals surface area contributed by atoms with E-state index in [0.717, 1.165) is 17.7 Å². The summed E-state index contributed by atoms with van der Waals surface area (Å²) in [7, 11) is 0. The van der Waals surface area contributed by atoms with Crippen LogP contribution in [-0.2, 0) is 17.5 Å². The fourth-order valence-corrected chi connectivity index (χ4v) is 3.36. The largest absolute Gasteiger partial charge is 0.456 e. The van der Waals surface area contributed by atoms with Crippen LogP contribution in [0.15, 0.2) is 97.2 Å². The Morgan fingerprint density at radius 2 is 1.51 bits per heavy atom. The number of halogens is 3. The van der Waals surface area contributed by atoms with Crippen LogP contribution in [0, 0.1) is 0 Å². The van der Waals surface area contributed by atoms with Crippen LogP contribution in [0.4, 0.5) is 18.9 Å². The summed E-state index contributed by atoms with van der Waals surface area (Å²) in [5.74, 6) is -0.947. The molecule has 5 nitrogen and oxygen atoms in total. The average molecular weight is 476 g/mol. The molecule has 4 aromatic rings. The molecule has 0 saturated carbocycles. The van der Waals surface area contributed by atoms with Crippen molar-refractivity contribution in [2.75, 3.05) is 5.32 Å². The highest BCUT2D eigenvalue weighted by atomic mass is 19.4. The zero-order valence-electron chi connectivity index (χ0n) is 18.3. The van der Waals surface area contributed by atoms with Crippen LogP contribution in [0.2, 0.25) is 0 Å². The van der Waals surface area contributed by atoms with Crippen LogP contribution in [0.5, 0.6) is 0 Å². The van der Waals surface area contributed by atoms with Crippen LogP contribution in [0.1, 0.15) is 32.0 Å². The number of benzene rings is 3. The van der Waals surface area contributed by atoms with Crippen molar-refractivity contribution >= 4 is 17.6 Å². The molecule has 4 rings (SSSR count). The van der Waals surface area contributed by atoms with Crippen molar-refractivity contribution in [2.45, 2.75) is 12.8 Å². The van der Waals surface area contributed by atoms with E-state index < -0.39 is 23.6 Å². The Labute approximate surface area is 199 Å². The summed E-state index contributed by atoms with van der Waals surface area (Å²) in [4.78, 5) is 28.9. The van der Waals surface area contributed by atoms with Crippen molar-refractivity contribution in [3.63, 3.8) is 0 Å². The first kappa shape index (κ1) is 23.7. The maximum atomic E-state index is 12.9. The van der Waals surface area contributed by atoms with Crippen LogP contribution in [0.3, 0.4) is 0 Å². The third-order valence-corrected chi connectivity index (χ3v) is 5.15. The van der Waals surface area contributed by atoms with Gasteiger partial charge in [-0.1, -0.05) is 48.5 Å². The highest BCUT2D eigenvalue weighted by Gasteiger charge is 2.30. The molecule has 3 aromatic carbocycles. The zero-order valence-corrected chi connectivity index (χ0v) is 18.3. The molecule has 0 saturated heterocycles. The van der Waals surface area contributed by atoms with Gasteiger partial charge in [-0.2, -0.15) is 13.2 Å². The van der Waals surface area contributed by atoms with Crippen molar-refractivity contribution in [2.24, 2.45) is 0 Å². The van der Waals surface area contributed by atoms with Gasteiger partial charge in [-0.3, -0.25) is 4.79 Å². The first-order chi connectivity index (χ1) is 16.8. The highest BCUT2D eigenvalue weighted by molar-refractivity contribution is 6.08. The molecule has 1 aromatic heterocycles. The summed E-state index contributed by atoms with van der Waals surface area (Å²) in [6.45, 7) is 0.0421.